The van der Waals surface area contributed by atoms with Gasteiger partial charge in [-0.15, -0.1) is 0 Å². The molecule has 1 rings (SSSR count). The maximum atomic E-state index is 12.4. The van der Waals surface area contributed by atoms with Gasteiger partial charge in [-0.3, -0.25) is 0 Å². The molecule has 0 atom stereocenters. The van der Waals surface area contributed by atoms with Gasteiger partial charge in [0.25, 0.3) is 10.0 Å². The normalized spacial score (nSPS) is 13.2. The van der Waals surface area contributed by atoms with Crippen molar-refractivity contribution in [3.8, 4) is 0 Å². The molecule has 0 radical (unpaired) electrons. The first kappa shape index (κ1) is 15.1. The van der Waals surface area contributed by atoms with Gasteiger partial charge in [-0.25, -0.2) is 13.4 Å². The maximum absolute atomic E-state index is 12.4. The van der Waals surface area contributed by atoms with E-state index in [0.29, 0.717) is 19.5 Å². The van der Waals surface area contributed by atoms with Crippen molar-refractivity contribution in [1.29, 1.82) is 0 Å². The number of imidazole rings is 1. The van der Waals surface area contributed by atoms with E-state index in [1.165, 1.54) is 16.8 Å². The summed E-state index contributed by atoms with van der Waals surface area (Å²) in [6, 6.07) is 0. The smallest absolute Gasteiger partial charge is 0.260 e. The van der Waals surface area contributed by atoms with Gasteiger partial charge in [-0.1, -0.05) is 20.8 Å². The number of aliphatic hydroxyl groups is 1. The molecule has 0 saturated carbocycles. The molecule has 6 nitrogen and oxygen atoms in total. The quantitative estimate of drug-likeness (QED) is 0.805. The number of sulfonamides is 1. The molecule has 0 saturated heterocycles. The van der Waals surface area contributed by atoms with E-state index in [1.54, 1.807) is 0 Å². The van der Waals surface area contributed by atoms with Crippen LogP contribution in [0, 0.1) is 5.41 Å². The van der Waals surface area contributed by atoms with E-state index in [0.717, 1.165) is 0 Å². The average Bonchev–Trinajstić information content (AvgIpc) is 2.76. The fourth-order valence-corrected chi connectivity index (χ4v) is 3.18. The van der Waals surface area contributed by atoms with Crippen LogP contribution >= 0.6 is 0 Å². The molecular weight excluding hydrogens is 254 g/mol. The Labute approximate surface area is 108 Å². The minimum absolute atomic E-state index is 0.0286. The van der Waals surface area contributed by atoms with Crippen LogP contribution in [0.4, 0.5) is 0 Å². The summed E-state index contributed by atoms with van der Waals surface area (Å²) in [7, 11) is -3.56. The predicted octanol–water partition coefficient (Wildman–Crippen LogP) is 0.829. The molecule has 0 fully saturated rings. The van der Waals surface area contributed by atoms with E-state index >= 15 is 0 Å². The first-order valence-electron chi connectivity index (χ1n) is 5.87. The second-order valence-corrected chi connectivity index (χ2v) is 7.30. The zero-order valence-electron chi connectivity index (χ0n) is 11.0. The second-order valence-electron chi connectivity index (χ2n) is 5.39. The number of rotatable bonds is 6. The van der Waals surface area contributed by atoms with Gasteiger partial charge in [0.15, 0.2) is 5.03 Å². The molecule has 1 aromatic heterocycles. The summed E-state index contributed by atoms with van der Waals surface area (Å²) in [6.45, 7) is 6.59. The minimum atomic E-state index is -3.56. The number of aliphatic hydroxyl groups excluding tert-OH is 1. The van der Waals surface area contributed by atoms with Gasteiger partial charge in [0, 0.05) is 19.7 Å². The number of hydrogen-bond acceptors (Lipinski definition) is 4. The van der Waals surface area contributed by atoms with Gasteiger partial charge in [0.05, 0.1) is 12.5 Å². The number of nitrogens with zero attached hydrogens (tertiary/aromatic N) is 2. The van der Waals surface area contributed by atoms with Crippen LogP contribution in [0.25, 0.3) is 0 Å². The molecule has 0 aromatic carbocycles. The summed E-state index contributed by atoms with van der Waals surface area (Å²) in [6.07, 6.45) is 3.06. The first-order valence-corrected chi connectivity index (χ1v) is 7.31. The van der Waals surface area contributed by atoms with Gasteiger partial charge in [-0.2, -0.15) is 4.31 Å². The molecule has 1 aromatic rings. The highest BCUT2D eigenvalue weighted by atomic mass is 32.2. The maximum Gasteiger partial charge on any atom is 0.260 e. The number of hydrogen-bond donors (Lipinski definition) is 2. The Morgan fingerprint density at radius 1 is 1.44 bits per heavy atom. The fourth-order valence-electron chi connectivity index (χ4n) is 1.58. The SMILES string of the molecule is CC(C)(C)CN(CCCO)S(=O)(=O)c1cnc[nH]1. The molecule has 0 unspecified atom stereocenters. The van der Waals surface area contributed by atoms with Crippen molar-refractivity contribution in [2.24, 2.45) is 5.41 Å². The summed E-state index contributed by atoms with van der Waals surface area (Å²) in [5.74, 6) is 0. The van der Waals surface area contributed by atoms with Crippen molar-refractivity contribution in [3.05, 3.63) is 12.5 Å². The first-order chi connectivity index (χ1) is 8.27. The van der Waals surface area contributed by atoms with E-state index in [1.807, 2.05) is 20.8 Å². The Kier molecular flexibility index (Phi) is 4.89. The lowest BCUT2D eigenvalue weighted by Crippen LogP contribution is -2.38. The van der Waals surface area contributed by atoms with Crippen LogP contribution in [0.5, 0.6) is 0 Å². The third-order valence-electron chi connectivity index (χ3n) is 2.31. The zero-order chi connectivity index (χ0) is 13.8. The number of nitrogens with one attached hydrogen (secondary N) is 1. The molecule has 0 aliphatic heterocycles. The lowest BCUT2D eigenvalue weighted by atomic mass is 9.97. The van der Waals surface area contributed by atoms with Crippen LogP contribution in [-0.2, 0) is 10.0 Å². The van der Waals surface area contributed by atoms with E-state index in [4.69, 9.17) is 5.11 Å². The highest BCUT2D eigenvalue weighted by Gasteiger charge is 2.29. The summed E-state index contributed by atoms with van der Waals surface area (Å²) in [4.78, 5) is 6.35. The molecule has 0 bridgehead atoms. The van der Waals surface area contributed by atoms with Gasteiger partial charge in [0.1, 0.15) is 0 Å². The number of aromatic amines is 1. The Morgan fingerprint density at radius 3 is 2.56 bits per heavy atom. The molecule has 7 heteroatoms. The van der Waals surface area contributed by atoms with Crippen molar-refractivity contribution >= 4 is 10.0 Å². The van der Waals surface area contributed by atoms with E-state index in [9.17, 15) is 8.42 Å². The van der Waals surface area contributed by atoms with E-state index < -0.39 is 10.0 Å². The van der Waals surface area contributed by atoms with Crippen molar-refractivity contribution in [1.82, 2.24) is 14.3 Å². The monoisotopic (exact) mass is 275 g/mol. The van der Waals surface area contributed by atoms with Gasteiger partial charge in [-0.05, 0) is 11.8 Å². The Bertz CT molecular complexity index is 448. The van der Waals surface area contributed by atoms with Crippen LogP contribution in [0.1, 0.15) is 27.2 Å². The highest BCUT2D eigenvalue weighted by molar-refractivity contribution is 7.89. The van der Waals surface area contributed by atoms with Crippen LogP contribution in [0.2, 0.25) is 0 Å². The molecule has 0 spiro atoms. The van der Waals surface area contributed by atoms with Crippen LogP contribution in [0.15, 0.2) is 17.6 Å². The zero-order valence-corrected chi connectivity index (χ0v) is 11.9. The summed E-state index contributed by atoms with van der Waals surface area (Å²) >= 11 is 0. The summed E-state index contributed by atoms with van der Waals surface area (Å²) in [5, 5.41) is 8.96. The minimum Gasteiger partial charge on any atom is -0.396 e. The average molecular weight is 275 g/mol. The van der Waals surface area contributed by atoms with Crippen molar-refractivity contribution in [2.75, 3.05) is 19.7 Å². The molecule has 104 valence electrons. The molecule has 1 heterocycles. The molecule has 0 amide bonds. The Morgan fingerprint density at radius 2 is 2.11 bits per heavy atom. The van der Waals surface area contributed by atoms with E-state index in [2.05, 4.69) is 9.97 Å². The molecule has 18 heavy (non-hydrogen) atoms. The number of H-pyrrole nitrogens is 1. The molecule has 2 N–H and O–H groups in total. The predicted molar refractivity (Wildman–Crippen MR) is 68.5 cm³/mol. The van der Waals surface area contributed by atoms with Crippen molar-refractivity contribution < 1.29 is 13.5 Å². The van der Waals surface area contributed by atoms with Crippen molar-refractivity contribution in [3.63, 3.8) is 0 Å². The van der Waals surface area contributed by atoms with Crippen LogP contribution in [0.3, 0.4) is 0 Å². The standard InChI is InChI=1S/C11H21N3O3S/c1-11(2,3)8-14(5-4-6-15)18(16,17)10-7-12-9-13-10/h7,9,15H,4-6,8H2,1-3H3,(H,12,13). The summed E-state index contributed by atoms with van der Waals surface area (Å²) in [5.41, 5.74) is -0.150. The largest absolute Gasteiger partial charge is 0.396 e. The van der Waals surface area contributed by atoms with Crippen LogP contribution in [-0.4, -0.2) is 47.5 Å². The molecule has 0 aliphatic carbocycles. The van der Waals surface area contributed by atoms with Gasteiger partial charge in [0.2, 0.25) is 0 Å². The highest BCUT2D eigenvalue weighted by Crippen LogP contribution is 2.21. The van der Waals surface area contributed by atoms with Crippen molar-refractivity contribution in [2.45, 2.75) is 32.2 Å². The van der Waals surface area contributed by atoms with E-state index in [-0.39, 0.29) is 17.0 Å². The number of aromatic nitrogens is 2. The summed E-state index contributed by atoms with van der Waals surface area (Å²) < 4.78 is 26.1. The lowest BCUT2D eigenvalue weighted by molar-refractivity contribution is 0.240. The Hall–Kier alpha value is -0.920. The fraction of sp³-hybridized carbons (Fsp3) is 0.727. The topological polar surface area (TPSA) is 86.3 Å². The van der Waals surface area contributed by atoms with Gasteiger partial charge < -0.3 is 10.1 Å². The third-order valence-corrected chi connectivity index (χ3v) is 4.08. The third kappa shape index (κ3) is 4.08. The molecule has 0 aliphatic rings. The molecular formula is C11H21N3O3S. The Balaban J connectivity index is 2.95. The second kappa shape index (κ2) is 5.81. The van der Waals surface area contributed by atoms with Crippen LogP contribution < -0.4 is 0 Å². The lowest BCUT2D eigenvalue weighted by Gasteiger charge is -2.28. The van der Waals surface area contributed by atoms with Gasteiger partial charge >= 0.3 is 0 Å².